The molecule has 1 aromatic carbocycles. The van der Waals surface area contributed by atoms with Crippen molar-refractivity contribution in [2.45, 2.75) is 123 Å². The number of likely N-dealkylation sites (tertiary alicyclic amines) is 1. The van der Waals surface area contributed by atoms with Gasteiger partial charge in [-0.2, -0.15) is 0 Å². The maximum atomic E-state index is 14.2. The van der Waals surface area contributed by atoms with Crippen LogP contribution >= 0.6 is 0 Å². The first kappa shape index (κ1) is 42.8. The van der Waals surface area contributed by atoms with Gasteiger partial charge in [0.05, 0.1) is 19.1 Å². The summed E-state index contributed by atoms with van der Waals surface area (Å²) in [6.07, 6.45) is -1.97. The number of amides is 6. The van der Waals surface area contributed by atoms with E-state index in [-0.39, 0.29) is 13.0 Å². The van der Waals surface area contributed by atoms with Crippen LogP contribution in [0.2, 0.25) is 0 Å². The van der Waals surface area contributed by atoms with Gasteiger partial charge in [-0.05, 0) is 52.0 Å². The van der Waals surface area contributed by atoms with Crippen molar-refractivity contribution in [3.8, 4) is 0 Å². The monoisotopic (exact) mass is 744 g/mol. The van der Waals surface area contributed by atoms with Crippen molar-refractivity contribution in [1.29, 1.82) is 0 Å². The van der Waals surface area contributed by atoms with Gasteiger partial charge in [-0.15, -0.1) is 0 Å². The molecule has 0 spiro atoms. The molecule has 53 heavy (non-hydrogen) atoms. The highest BCUT2D eigenvalue weighted by molar-refractivity contribution is 6.38. The zero-order valence-corrected chi connectivity index (χ0v) is 32.7. The standard InChI is InChI=1S/C37H56N6O10/c1-12-16-22(27(45)31(47)38-19-24(44)40-25(32(48)42(10)11)21-17-14-13-15-18-21)39-30(46)26-28-23(51-37(8,9)52-28)20-43(26)33(49)29(35(2,3)4)41-34(50)53-36(5,6)7/h13-15,17-18,22-23,25-26,28-29H,12,16,19-20H2,1-11H3,(H,38,47)(H,39,46)(H,40,44)(H,41,50)/t22-,23-,25?,26-,28-,29+/m0/s1. The van der Waals surface area contributed by atoms with E-state index in [0.29, 0.717) is 12.0 Å². The number of likely N-dealkylation sites (N-methyl/N-ethyl adjacent to an activating group) is 1. The van der Waals surface area contributed by atoms with Crippen molar-refractivity contribution in [3.05, 3.63) is 35.9 Å². The minimum atomic E-state index is -1.31. The van der Waals surface area contributed by atoms with Gasteiger partial charge in [0.1, 0.15) is 35.9 Å². The lowest BCUT2D eigenvalue weighted by molar-refractivity contribution is -0.171. The molecular formula is C37H56N6O10. The van der Waals surface area contributed by atoms with Gasteiger partial charge in [-0.25, -0.2) is 4.79 Å². The van der Waals surface area contributed by atoms with Gasteiger partial charge in [0, 0.05) is 14.1 Å². The Morgan fingerprint density at radius 3 is 2.11 bits per heavy atom. The Labute approximate surface area is 311 Å². The fourth-order valence-corrected chi connectivity index (χ4v) is 6.14. The molecule has 6 amide bonds. The minimum absolute atomic E-state index is 0.0457. The molecule has 6 atom stereocenters. The van der Waals surface area contributed by atoms with Gasteiger partial charge < -0.3 is 45.3 Å². The number of rotatable bonds is 13. The second-order valence-electron chi connectivity index (χ2n) is 16.1. The van der Waals surface area contributed by atoms with Crippen LogP contribution < -0.4 is 21.3 Å². The molecule has 2 fully saturated rings. The topological polar surface area (TPSA) is 202 Å². The number of carbonyl (C=O) groups excluding carboxylic acids is 7. The van der Waals surface area contributed by atoms with Gasteiger partial charge in [-0.3, -0.25) is 28.8 Å². The van der Waals surface area contributed by atoms with Crippen LogP contribution in [0.3, 0.4) is 0 Å². The van der Waals surface area contributed by atoms with Crippen LogP contribution in [-0.4, -0.2) is 120 Å². The molecule has 2 saturated heterocycles. The number of alkyl carbamates (subject to hydrolysis) is 1. The molecule has 16 heteroatoms. The van der Waals surface area contributed by atoms with E-state index in [1.165, 1.54) is 9.80 Å². The second kappa shape index (κ2) is 17.1. The molecule has 16 nitrogen and oxygen atoms in total. The van der Waals surface area contributed by atoms with Gasteiger partial charge in [-0.1, -0.05) is 64.4 Å². The molecule has 1 unspecified atom stereocenters. The molecule has 0 saturated carbocycles. The first-order chi connectivity index (χ1) is 24.5. The van der Waals surface area contributed by atoms with Crippen molar-refractivity contribution in [2.75, 3.05) is 27.2 Å². The summed E-state index contributed by atoms with van der Waals surface area (Å²) in [5.74, 6) is -5.67. The fraction of sp³-hybridized carbons (Fsp3) is 0.649. The molecule has 0 radical (unpaired) electrons. The van der Waals surface area contributed by atoms with Crippen molar-refractivity contribution < 1.29 is 47.8 Å². The molecule has 4 N–H and O–H groups in total. The molecule has 1 aromatic rings. The molecule has 0 aromatic heterocycles. The smallest absolute Gasteiger partial charge is 0.408 e. The van der Waals surface area contributed by atoms with Crippen molar-refractivity contribution in [3.63, 3.8) is 0 Å². The Kier molecular flexibility index (Phi) is 13.8. The molecular weight excluding hydrogens is 688 g/mol. The highest BCUT2D eigenvalue weighted by Gasteiger charge is 2.58. The third-order valence-electron chi connectivity index (χ3n) is 8.54. The largest absolute Gasteiger partial charge is 0.444 e. The van der Waals surface area contributed by atoms with E-state index in [1.807, 2.05) is 0 Å². The van der Waals surface area contributed by atoms with Crippen LogP contribution in [0, 0.1) is 5.41 Å². The average molecular weight is 745 g/mol. The lowest BCUT2D eigenvalue weighted by atomic mass is 9.85. The van der Waals surface area contributed by atoms with E-state index in [9.17, 15) is 33.6 Å². The molecule has 2 aliphatic rings. The lowest BCUT2D eigenvalue weighted by Gasteiger charge is -2.37. The highest BCUT2D eigenvalue weighted by atomic mass is 16.8. The van der Waals surface area contributed by atoms with E-state index in [2.05, 4.69) is 21.3 Å². The maximum Gasteiger partial charge on any atom is 0.408 e. The molecule has 0 aliphatic carbocycles. The number of hydrogen-bond donors (Lipinski definition) is 4. The van der Waals surface area contributed by atoms with Crippen LogP contribution in [-0.2, 0) is 43.0 Å². The lowest BCUT2D eigenvalue weighted by Crippen LogP contribution is -2.61. The van der Waals surface area contributed by atoms with Crippen LogP contribution in [0.5, 0.6) is 0 Å². The third kappa shape index (κ3) is 11.5. The van der Waals surface area contributed by atoms with E-state index < -0.39 is 101 Å². The predicted octanol–water partition coefficient (Wildman–Crippen LogP) is 1.57. The van der Waals surface area contributed by atoms with Crippen LogP contribution in [0.1, 0.15) is 86.8 Å². The summed E-state index contributed by atoms with van der Waals surface area (Å²) in [6.45, 7) is 14.8. The number of nitrogens with one attached hydrogen (secondary N) is 4. The van der Waals surface area contributed by atoms with Gasteiger partial charge in [0.2, 0.25) is 29.4 Å². The summed E-state index contributed by atoms with van der Waals surface area (Å²) in [4.78, 5) is 95.9. The fourth-order valence-electron chi connectivity index (χ4n) is 6.14. The van der Waals surface area contributed by atoms with Crippen LogP contribution in [0.4, 0.5) is 4.79 Å². The Morgan fingerprint density at radius 1 is 0.943 bits per heavy atom. The first-order valence-corrected chi connectivity index (χ1v) is 17.8. The molecule has 3 rings (SSSR count). The number of Topliss-reactive ketones (excluding diaryl/α,β-unsaturated/α-hetero) is 1. The van der Waals surface area contributed by atoms with Gasteiger partial charge in [0.15, 0.2) is 5.79 Å². The molecule has 294 valence electrons. The summed E-state index contributed by atoms with van der Waals surface area (Å²) in [7, 11) is 3.09. The zero-order chi connectivity index (χ0) is 40.1. The van der Waals surface area contributed by atoms with Crippen molar-refractivity contribution >= 4 is 41.4 Å². The Hall–Kier alpha value is -4.57. The summed E-state index contributed by atoms with van der Waals surface area (Å²) in [5.41, 5.74) is -1.12. The van der Waals surface area contributed by atoms with Crippen molar-refractivity contribution in [2.24, 2.45) is 5.41 Å². The zero-order valence-electron chi connectivity index (χ0n) is 32.7. The Bertz CT molecular complexity index is 1530. The number of fused-ring (bicyclic) bond motifs is 1. The highest BCUT2D eigenvalue weighted by Crippen LogP contribution is 2.38. The van der Waals surface area contributed by atoms with E-state index in [1.54, 1.807) is 107 Å². The number of hydrogen-bond acceptors (Lipinski definition) is 10. The predicted molar refractivity (Wildman–Crippen MR) is 193 cm³/mol. The van der Waals surface area contributed by atoms with Crippen molar-refractivity contribution in [1.82, 2.24) is 31.1 Å². The summed E-state index contributed by atoms with van der Waals surface area (Å²) in [5, 5.41) is 10.2. The van der Waals surface area contributed by atoms with E-state index in [4.69, 9.17) is 14.2 Å². The molecule has 0 bridgehead atoms. The quantitative estimate of drug-likeness (QED) is 0.215. The summed E-state index contributed by atoms with van der Waals surface area (Å²) in [6, 6.07) is 3.81. The van der Waals surface area contributed by atoms with E-state index >= 15 is 0 Å². The molecule has 2 aliphatic heterocycles. The van der Waals surface area contributed by atoms with Crippen LogP contribution in [0.25, 0.3) is 0 Å². The Morgan fingerprint density at radius 2 is 1.57 bits per heavy atom. The normalized spacial score (nSPS) is 21.0. The third-order valence-corrected chi connectivity index (χ3v) is 8.54. The van der Waals surface area contributed by atoms with E-state index in [0.717, 1.165) is 0 Å². The minimum Gasteiger partial charge on any atom is -0.444 e. The molecule has 2 heterocycles. The number of ether oxygens (including phenoxy) is 3. The van der Waals surface area contributed by atoms with Gasteiger partial charge >= 0.3 is 6.09 Å². The second-order valence-corrected chi connectivity index (χ2v) is 16.1. The summed E-state index contributed by atoms with van der Waals surface area (Å²) < 4.78 is 17.5. The number of benzene rings is 1. The number of carbonyl (C=O) groups is 7. The van der Waals surface area contributed by atoms with Crippen LogP contribution in [0.15, 0.2) is 30.3 Å². The Balaban J connectivity index is 1.78. The maximum absolute atomic E-state index is 14.2. The summed E-state index contributed by atoms with van der Waals surface area (Å²) >= 11 is 0. The number of nitrogens with zero attached hydrogens (tertiary/aromatic N) is 2. The average Bonchev–Trinajstić information content (AvgIpc) is 3.54. The number of ketones is 1. The van der Waals surface area contributed by atoms with Gasteiger partial charge in [0.25, 0.3) is 5.91 Å². The SMILES string of the molecule is CCC[C@H](NC(=O)[C@@H]1[C@H]2OC(C)(C)O[C@H]2CN1C(=O)[C@@H](NC(=O)OC(C)(C)C)C(C)(C)C)C(=O)C(=O)NCC(=O)NC(C(=O)N(C)C)c1ccccc1. The first-order valence-electron chi connectivity index (χ1n) is 17.8.